The van der Waals surface area contributed by atoms with Crippen LogP contribution in [0.5, 0.6) is 5.75 Å². The maximum absolute atomic E-state index is 11.3. The molecule has 6 heteroatoms. The summed E-state index contributed by atoms with van der Waals surface area (Å²) in [7, 11) is 0. The first-order valence-electron chi connectivity index (χ1n) is 7.86. The summed E-state index contributed by atoms with van der Waals surface area (Å²) in [4.78, 5) is 15.7. The van der Waals surface area contributed by atoms with E-state index in [0.29, 0.717) is 34.5 Å². The normalized spacial score (nSPS) is 12.0. The van der Waals surface area contributed by atoms with Crippen LogP contribution in [0.4, 0.5) is 0 Å². The highest BCUT2D eigenvalue weighted by Crippen LogP contribution is 2.22. The van der Waals surface area contributed by atoms with E-state index in [4.69, 9.17) is 20.9 Å². The largest absolute Gasteiger partial charge is 0.481 e. The monoisotopic (exact) mass is 356 g/mol. The third kappa shape index (κ3) is 4.45. The number of Topliss-reactive ketones (excluding diaryl/α,β-unsaturated/α-hetero) is 1. The summed E-state index contributed by atoms with van der Waals surface area (Å²) in [5, 5.41) is 4.68. The number of ketones is 1. The molecule has 0 aliphatic heterocycles. The average molecular weight is 357 g/mol. The zero-order valence-corrected chi connectivity index (χ0v) is 14.7. The quantitative estimate of drug-likeness (QED) is 0.601. The number of carbonyl (C=O) groups is 1. The molecule has 1 atom stereocenters. The fourth-order valence-electron chi connectivity index (χ4n) is 2.31. The van der Waals surface area contributed by atoms with Crippen molar-refractivity contribution in [2.24, 2.45) is 0 Å². The van der Waals surface area contributed by atoms with Crippen LogP contribution in [0.2, 0.25) is 5.02 Å². The summed E-state index contributed by atoms with van der Waals surface area (Å²) in [5.41, 5.74) is 1.69. The Labute approximate surface area is 150 Å². The van der Waals surface area contributed by atoms with Crippen LogP contribution in [0, 0.1) is 0 Å². The van der Waals surface area contributed by atoms with Crippen LogP contribution in [0.3, 0.4) is 0 Å². The van der Waals surface area contributed by atoms with Crippen molar-refractivity contribution in [1.29, 1.82) is 0 Å². The number of hydrogen-bond acceptors (Lipinski definition) is 5. The van der Waals surface area contributed by atoms with Gasteiger partial charge in [-0.1, -0.05) is 28.9 Å². The minimum absolute atomic E-state index is 0.0170. The first kappa shape index (κ1) is 17.2. The molecular formula is C19H17ClN2O3. The summed E-state index contributed by atoms with van der Waals surface area (Å²) < 4.78 is 11.1. The summed E-state index contributed by atoms with van der Waals surface area (Å²) in [5.74, 6) is 1.64. The Morgan fingerprint density at radius 2 is 1.84 bits per heavy atom. The van der Waals surface area contributed by atoms with Crippen LogP contribution in [0.15, 0.2) is 53.1 Å². The Balaban J connectivity index is 1.64. The van der Waals surface area contributed by atoms with Gasteiger partial charge in [0.15, 0.2) is 17.7 Å². The molecule has 0 aliphatic carbocycles. The van der Waals surface area contributed by atoms with Crippen molar-refractivity contribution in [3.8, 4) is 5.75 Å². The van der Waals surface area contributed by atoms with E-state index in [-0.39, 0.29) is 5.78 Å². The zero-order chi connectivity index (χ0) is 17.8. The van der Waals surface area contributed by atoms with Gasteiger partial charge in [-0.25, -0.2) is 0 Å². The summed E-state index contributed by atoms with van der Waals surface area (Å²) in [6.45, 7) is 3.36. The zero-order valence-electron chi connectivity index (χ0n) is 13.9. The second-order valence-corrected chi connectivity index (χ2v) is 6.13. The van der Waals surface area contributed by atoms with E-state index in [0.717, 1.165) is 5.56 Å². The maximum Gasteiger partial charge on any atom is 0.267 e. The van der Waals surface area contributed by atoms with Crippen molar-refractivity contribution in [3.05, 3.63) is 76.4 Å². The molecule has 3 aromatic rings. The summed E-state index contributed by atoms with van der Waals surface area (Å²) in [6.07, 6.45) is 0.162. The molecular weight excluding hydrogens is 340 g/mol. The van der Waals surface area contributed by atoms with Crippen LogP contribution in [0.25, 0.3) is 0 Å². The fraction of sp³-hybridized carbons (Fsp3) is 0.211. The number of nitrogens with zero attached hydrogens (tertiary/aromatic N) is 2. The van der Waals surface area contributed by atoms with Crippen LogP contribution in [-0.4, -0.2) is 15.9 Å². The van der Waals surface area contributed by atoms with Gasteiger partial charge in [-0.05, 0) is 55.8 Å². The molecule has 0 N–H and O–H groups in total. The third-order valence-electron chi connectivity index (χ3n) is 3.68. The Hall–Kier alpha value is -2.66. The van der Waals surface area contributed by atoms with Gasteiger partial charge in [0.25, 0.3) is 5.89 Å². The molecule has 0 radical (unpaired) electrons. The lowest BCUT2D eigenvalue weighted by Crippen LogP contribution is -2.04. The number of carbonyl (C=O) groups excluding carboxylic acids is 1. The molecule has 0 saturated heterocycles. The van der Waals surface area contributed by atoms with E-state index in [1.54, 1.807) is 24.3 Å². The number of aromatic nitrogens is 2. The van der Waals surface area contributed by atoms with Gasteiger partial charge in [0.2, 0.25) is 0 Å². The van der Waals surface area contributed by atoms with E-state index in [1.807, 2.05) is 31.2 Å². The van der Waals surface area contributed by atoms with E-state index in [2.05, 4.69) is 10.1 Å². The van der Waals surface area contributed by atoms with Crippen molar-refractivity contribution in [2.45, 2.75) is 26.4 Å². The first-order chi connectivity index (χ1) is 12.0. The molecule has 0 bridgehead atoms. The predicted octanol–water partition coefficient (Wildman–Crippen LogP) is 4.66. The van der Waals surface area contributed by atoms with Gasteiger partial charge in [0.1, 0.15) is 5.75 Å². The molecule has 0 aliphatic rings. The highest BCUT2D eigenvalue weighted by atomic mass is 35.5. The number of rotatable bonds is 6. The standard InChI is InChI=1S/C19H17ClN2O3/c1-12(23)15-5-9-17(10-6-15)24-13(2)19-21-18(22-25-19)11-14-3-7-16(20)8-4-14/h3-10,13H,11H2,1-2H3/t13-/m0/s1. The Bertz CT molecular complexity index is 857. The molecule has 2 aromatic carbocycles. The van der Waals surface area contributed by atoms with Crippen molar-refractivity contribution in [1.82, 2.24) is 10.1 Å². The molecule has 0 fully saturated rings. The van der Waals surface area contributed by atoms with Crippen molar-refractivity contribution in [3.63, 3.8) is 0 Å². The minimum Gasteiger partial charge on any atom is -0.481 e. The predicted molar refractivity (Wildman–Crippen MR) is 94.0 cm³/mol. The van der Waals surface area contributed by atoms with Gasteiger partial charge < -0.3 is 9.26 Å². The van der Waals surface area contributed by atoms with Crippen LogP contribution in [0.1, 0.15) is 47.6 Å². The molecule has 5 nitrogen and oxygen atoms in total. The number of hydrogen-bond donors (Lipinski definition) is 0. The first-order valence-corrected chi connectivity index (χ1v) is 8.23. The van der Waals surface area contributed by atoms with E-state index < -0.39 is 6.10 Å². The molecule has 25 heavy (non-hydrogen) atoms. The topological polar surface area (TPSA) is 65.2 Å². The maximum atomic E-state index is 11.3. The Kier molecular flexibility index (Phi) is 5.14. The van der Waals surface area contributed by atoms with Crippen LogP contribution in [-0.2, 0) is 6.42 Å². The fourth-order valence-corrected chi connectivity index (χ4v) is 2.44. The molecule has 0 saturated carbocycles. The SMILES string of the molecule is CC(=O)c1ccc(O[C@@H](C)c2nc(Cc3ccc(Cl)cc3)no2)cc1. The van der Waals surface area contributed by atoms with Crippen molar-refractivity contribution in [2.75, 3.05) is 0 Å². The van der Waals surface area contributed by atoms with Gasteiger partial charge >= 0.3 is 0 Å². The molecule has 0 amide bonds. The number of ether oxygens (including phenoxy) is 1. The van der Waals surface area contributed by atoms with Crippen LogP contribution < -0.4 is 4.74 Å². The third-order valence-corrected chi connectivity index (χ3v) is 3.93. The van der Waals surface area contributed by atoms with Gasteiger partial charge in [0, 0.05) is 17.0 Å². The Morgan fingerprint density at radius 1 is 1.16 bits per heavy atom. The molecule has 128 valence electrons. The van der Waals surface area contributed by atoms with Crippen LogP contribution >= 0.6 is 11.6 Å². The lowest BCUT2D eigenvalue weighted by Gasteiger charge is -2.10. The summed E-state index contributed by atoms with van der Waals surface area (Å²) in [6, 6.07) is 14.5. The van der Waals surface area contributed by atoms with Crippen molar-refractivity contribution < 1.29 is 14.1 Å². The number of halogens is 1. The van der Waals surface area contributed by atoms with Gasteiger partial charge in [-0.15, -0.1) is 0 Å². The lowest BCUT2D eigenvalue weighted by atomic mass is 10.1. The second kappa shape index (κ2) is 7.49. The van der Waals surface area contributed by atoms with E-state index >= 15 is 0 Å². The molecule has 1 aromatic heterocycles. The Morgan fingerprint density at radius 3 is 2.48 bits per heavy atom. The molecule has 1 heterocycles. The highest BCUT2D eigenvalue weighted by Gasteiger charge is 2.16. The molecule has 3 rings (SSSR count). The minimum atomic E-state index is -0.394. The summed E-state index contributed by atoms with van der Waals surface area (Å²) >= 11 is 5.88. The lowest BCUT2D eigenvalue weighted by molar-refractivity contribution is 0.101. The molecule has 0 unspecified atom stereocenters. The van der Waals surface area contributed by atoms with Gasteiger partial charge in [0.05, 0.1) is 0 Å². The van der Waals surface area contributed by atoms with Gasteiger partial charge in [-0.3, -0.25) is 4.79 Å². The molecule has 0 spiro atoms. The van der Waals surface area contributed by atoms with Gasteiger partial charge in [-0.2, -0.15) is 4.98 Å². The number of benzene rings is 2. The second-order valence-electron chi connectivity index (χ2n) is 5.69. The van der Waals surface area contributed by atoms with Crippen molar-refractivity contribution >= 4 is 17.4 Å². The smallest absolute Gasteiger partial charge is 0.267 e. The van der Waals surface area contributed by atoms with E-state index in [1.165, 1.54) is 6.92 Å². The average Bonchev–Trinajstić information content (AvgIpc) is 3.06. The van der Waals surface area contributed by atoms with E-state index in [9.17, 15) is 4.79 Å². The highest BCUT2D eigenvalue weighted by molar-refractivity contribution is 6.30.